The van der Waals surface area contributed by atoms with Gasteiger partial charge in [-0.25, -0.2) is 0 Å². The van der Waals surface area contributed by atoms with Crippen molar-refractivity contribution >= 4 is 0 Å². The molecule has 2 nitrogen and oxygen atoms in total. The van der Waals surface area contributed by atoms with E-state index in [2.05, 4.69) is 5.32 Å². The summed E-state index contributed by atoms with van der Waals surface area (Å²) < 4.78 is 5.51. The average Bonchev–Trinajstić information content (AvgIpc) is 2.08. The first-order valence-corrected chi connectivity index (χ1v) is 4.20. The maximum absolute atomic E-state index is 5.51. The zero-order chi connectivity index (χ0) is 6.86. The van der Waals surface area contributed by atoms with Crippen molar-refractivity contribution in [1.82, 2.24) is 5.32 Å². The molecule has 2 heterocycles. The lowest BCUT2D eigenvalue weighted by Gasteiger charge is -2.41. The normalized spacial score (nSPS) is 31.2. The molecule has 10 heavy (non-hydrogen) atoms. The average molecular weight is 141 g/mol. The molecule has 0 aromatic rings. The predicted octanol–water partition coefficient (Wildman–Crippen LogP) is 0.776. The molecular formula is C8H15NO. The van der Waals surface area contributed by atoms with Crippen LogP contribution in [0.3, 0.4) is 0 Å². The van der Waals surface area contributed by atoms with Crippen molar-refractivity contribution in [2.45, 2.75) is 19.3 Å². The maximum Gasteiger partial charge on any atom is 0.0546 e. The monoisotopic (exact) mass is 141 g/mol. The van der Waals surface area contributed by atoms with Crippen LogP contribution in [-0.2, 0) is 4.74 Å². The number of nitrogens with one attached hydrogen (secondary N) is 1. The van der Waals surface area contributed by atoms with Crippen molar-refractivity contribution in [3.8, 4) is 0 Å². The van der Waals surface area contributed by atoms with Crippen LogP contribution < -0.4 is 5.32 Å². The van der Waals surface area contributed by atoms with Gasteiger partial charge in [0.05, 0.1) is 6.61 Å². The highest BCUT2D eigenvalue weighted by atomic mass is 16.5. The Kier molecular flexibility index (Phi) is 1.66. The summed E-state index contributed by atoms with van der Waals surface area (Å²) in [6.07, 6.45) is 4.00. The summed E-state index contributed by atoms with van der Waals surface area (Å²) in [4.78, 5) is 0. The van der Waals surface area contributed by atoms with E-state index >= 15 is 0 Å². The van der Waals surface area contributed by atoms with Gasteiger partial charge in [0.15, 0.2) is 0 Å². The fraction of sp³-hybridized carbons (Fsp3) is 1.00. The van der Waals surface area contributed by atoms with Crippen molar-refractivity contribution in [2.24, 2.45) is 5.41 Å². The third-order valence-corrected chi connectivity index (χ3v) is 2.65. The second-order valence-electron chi connectivity index (χ2n) is 3.61. The third kappa shape index (κ3) is 1.06. The minimum Gasteiger partial charge on any atom is -0.381 e. The van der Waals surface area contributed by atoms with Crippen LogP contribution in [0, 0.1) is 5.41 Å². The molecule has 2 rings (SSSR count). The Morgan fingerprint density at radius 2 is 2.10 bits per heavy atom. The van der Waals surface area contributed by atoms with E-state index < -0.39 is 0 Å². The van der Waals surface area contributed by atoms with Gasteiger partial charge in [-0.2, -0.15) is 0 Å². The fourth-order valence-corrected chi connectivity index (χ4v) is 1.82. The molecule has 2 heteroatoms. The molecule has 2 saturated heterocycles. The lowest BCUT2D eigenvalue weighted by Crippen LogP contribution is -2.55. The van der Waals surface area contributed by atoms with Crippen molar-refractivity contribution in [3.05, 3.63) is 0 Å². The molecule has 0 bridgehead atoms. The van der Waals surface area contributed by atoms with Gasteiger partial charge in [-0.3, -0.25) is 0 Å². The van der Waals surface area contributed by atoms with Gasteiger partial charge in [0.2, 0.25) is 0 Å². The van der Waals surface area contributed by atoms with Gasteiger partial charge in [0, 0.05) is 25.1 Å². The second-order valence-corrected chi connectivity index (χ2v) is 3.61. The summed E-state index contributed by atoms with van der Waals surface area (Å²) in [6, 6.07) is 0. The zero-order valence-electron chi connectivity index (χ0n) is 6.36. The van der Waals surface area contributed by atoms with Crippen molar-refractivity contribution in [3.63, 3.8) is 0 Å². The summed E-state index contributed by atoms with van der Waals surface area (Å²) in [7, 11) is 0. The third-order valence-electron chi connectivity index (χ3n) is 2.65. The first-order chi connectivity index (χ1) is 4.91. The molecule has 0 radical (unpaired) electrons. The molecule has 0 amide bonds. The van der Waals surface area contributed by atoms with Crippen molar-refractivity contribution in [1.29, 1.82) is 0 Å². The van der Waals surface area contributed by atoms with Crippen molar-refractivity contribution < 1.29 is 4.74 Å². The van der Waals surface area contributed by atoms with Gasteiger partial charge in [0.1, 0.15) is 0 Å². The molecule has 0 unspecified atom stereocenters. The van der Waals surface area contributed by atoms with Crippen LogP contribution in [0.15, 0.2) is 0 Å². The Morgan fingerprint density at radius 3 is 2.80 bits per heavy atom. The van der Waals surface area contributed by atoms with Crippen LogP contribution in [0.25, 0.3) is 0 Å². The summed E-state index contributed by atoms with van der Waals surface area (Å²) in [6.45, 7) is 4.36. The minimum atomic E-state index is 0.552. The largest absolute Gasteiger partial charge is 0.381 e. The molecule has 0 aromatic heterocycles. The van der Waals surface area contributed by atoms with E-state index in [1.54, 1.807) is 0 Å². The predicted molar refractivity (Wildman–Crippen MR) is 40.0 cm³/mol. The van der Waals surface area contributed by atoms with Gasteiger partial charge in [-0.05, 0) is 12.8 Å². The smallest absolute Gasteiger partial charge is 0.0546 e. The fourth-order valence-electron chi connectivity index (χ4n) is 1.82. The van der Waals surface area contributed by atoms with Gasteiger partial charge in [-0.15, -0.1) is 0 Å². The van der Waals surface area contributed by atoms with Gasteiger partial charge in [0.25, 0.3) is 0 Å². The Morgan fingerprint density at radius 1 is 1.20 bits per heavy atom. The lowest BCUT2D eigenvalue weighted by molar-refractivity contribution is 0.0254. The summed E-state index contributed by atoms with van der Waals surface area (Å²) in [5.41, 5.74) is 0.552. The van der Waals surface area contributed by atoms with E-state index in [0.717, 1.165) is 13.2 Å². The zero-order valence-corrected chi connectivity index (χ0v) is 6.36. The highest BCUT2D eigenvalue weighted by Crippen LogP contribution is 2.31. The molecular weight excluding hydrogens is 126 g/mol. The van der Waals surface area contributed by atoms with E-state index in [1.165, 1.54) is 32.4 Å². The van der Waals surface area contributed by atoms with E-state index in [-0.39, 0.29) is 0 Å². The molecule has 2 aliphatic rings. The van der Waals surface area contributed by atoms with Gasteiger partial charge < -0.3 is 10.1 Å². The summed E-state index contributed by atoms with van der Waals surface area (Å²) >= 11 is 0. The molecule has 0 atom stereocenters. The Hall–Kier alpha value is -0.0800. The molecule has 2 aliphatic heterocycles. The van der Waals surface area contributed by atoms with E-state index in [9.17, 15) is 0 Å². The van der Waals surface area contributed by atoms with E-state index in [4.69, 9.17) is 4.74 Å². The molecule has 58 valence electrons. The van der Waals surface area contributed by atoms with Crippen LogP contribution in [0.5, 0.6) is 0 Å². The van der Waals surface area contributed by atoms with Crippen molar-refractivity contribution in [2.75, 3.05) is 26.3 Å². The highest BCUT2D eigenvalue weighted by Gasteiger charge is 2.37. The molecule has 0 aliphatic carbocycles. The highest BCUT2D eigenvalue weighted by molar-refractivity contribution is 4.92. The van der Waals surface area contributed by atoms with Crippen LogP contribution in [0.1, 0.15) is 19.3 Å². The Bertz CT molecular complexity index is 110. The molecule has 0 aromatic carbocycles. The summed E-state index contributed by atoms with van der Waals surface area (Å²) in [5.74, 6) is 0. The first-order valence-electron chi connectivity index (χ1n) is 4.20. The maximum atomic E-state index is 5.51. The standard InChI is InChI=1S/C8H15NO/c1-2-4-10-7-8(3-1)5-9-6-8/h9H,1-7H2. The SMILES string of the molecule is C1CCC2(CNC2)COC1. The van der Waals surface area contributed by atoms with Crippen LogP contribution >= 0.6 is 0 Å². The van der Waals surface area contributed by atoms with Gasteiger partial charge in [-0.1, -0.05) is 6.42 Å². The van der Waals surface area contributed by atoms with Crippen LogP contribution in [-0.4, -0.2) is 26.3 Å². The quantitative estimate of drug-likeness (QED) is 0.538. The second kappa shape index (κ2) is 2.51. The lowest BCUT2D eigenvalue weighted by atomic mass is 9.78. The summed E-state index contributed by atoms with van der Waals surface area (Å²) in [5, 5.41) is 3.32. The number of hydrogen-bond acceptors (Lipinski definition) is 2. The number of hydrogen-bond donors (Lipinski definition) is 1. The van der Waals surface area contributed by atoms with E-state index in [0.29, 0.717) is 5.41 Å². The molecule has 0 saturated carbocycles. The Balaban J connectivity index is 1.92. The first kappa shape index (κ1) is 6.62. The number of ether oxygens (including phenoxy) is 1. The molecule has 1 spiro atoms. The topological polar surface area (TPSA) is 21.3 Å². The molecule has 2 fully saturated rings. The van der Waals surface area contributed by atoms with Crippen LogP contribution in [0.2, 0.25) is 0 Å². The van der Waals surface area contributed by atoms with Gasteiger partial charge >= 0.3 is 0 Å². The van der Waals surface area contributed by atoms with E-state index in [1.807, 2.05) is 0 Å². The Labute approximate surface area is 61.9 Å². The minimum absolute atomic E-state index is 0.552. The molecule has 1 N–H and O–H groups in total. The number of rotatable bonds is 0. The van der Waals surface area contributed by atoms with Crippen LogP contribution in [0.4, 0.5) is 0 Å².